The number of aryl methyl sites for hydroxylation is 1. The van der Waals surface area contributed by atoms with Crippen molar-refractivity contribution in [3.05, 3.63) is 47.4 Å². The van der Waals surface area contributed by atoms with E-state index in [-0.39, 0.29) is 5.75 Å². The van der Waals surface area contributed by atoms with Gasteiger partial charge in [-0.15, -0.1) is 8.80 Å². The molecule has 1 aliphatic rings. The third-order valence-electron chi connectivity index (χ3n) is 3.82. The molecular formula is C17H20N4O3S. The monoisotopic (exact) mass is 360 g/mol. The number of anilines is 1. The molecule has 2 heterocycles. The second kappa shape index (κ2) is 7.10. The standard InChI is InChI=1S/C17H20N4O3S/c1-10(2)12-7-13(24-9-12)8-18-16-17(21-25(23)20-16)19-14-6-4-5-11(3)15(14)22/h4-7,9-10,22H,8H2,1-3H3,(H,18,20)(H,19,21). The summed E-state index contributed by atoms with van der Waals surface area (Å²) in [4.78, 5) is 0. The van der Waals surface area contributed by atoms with Crippen molar-refractivity contribution >= 4 is 28.5 Å². The van der Waals surface area contributed by atoms with Gasteiger partial charge in [0.2, 0.25) is 0 Å². The second-order valence-electron chi connectivity index (χ2n) is 6.06. The number of hydrogen-bond donors (Lipinski definition) is 3. The molecule has 0 bridgehead atoms. The summed E-state index contributed by atoms with van der Waals surface area (Å²) in [7, 11) is 0. The number of phenols is 1. The van der Waals surface area contributed by atoms with E-state index in [1.165, 1.54) is 0 Å². The highest BCUT2D eigenvalue weighted by Gasteiger charge is 2.20. The van der Waals surface area contributed by atoms with E-state index in [2.05, 4.69) is 33.3 Å². The number of nitrogens with zero attached hydrogens (tertiary/aromatic N) is 2. The molecule has 7 nitrogen and oxygen atoms in total. The molecule has 8 heteroatoms. The summed E-state index contributed by atoms with van der Waals surface area (Å²) in [6.07, 6.45) is 1.73. The Morgan fingerprint density at radius 2 is 2.04 bits per heavy atom. The first-order valence-electron chi connectivity index (χ1n) is 7.90. The van der Waals surface area contributed by atoms with Gasteiger partial charge >= 0.3 is 0 Å². The summed E-state index contributed by atoms with van der Waals surface area (Å²) in [6.45, 7) is 6.37. The maximum Gasteiger partial charge on any atom is 0.269 e. The van der Waals surface area contributed by atoms with Gasteiger partial charge in [0.1, 0.15) is 11.5 Å². The van der Waals surface area contributed by atoms with Crippen molar-refractivity contribution in [2.75, 3.05) is 5.32 Å². The lowest BCUT2D eigenvalue weighted by molar-refractivity contribution is 0.473. The first kappa shape index (κ1) is 17.2. The highest BCUT2D eigenvalue weighted by Crippen LogP contribution is 2.27. The molecule has 0 saturated heterocycles. The molecule has 25 heavy (non-hydrogen) atoms. The zero-order chi connectivity index (χ0) is 18.0. The maximum absolute atomic E-state index is 11.7. The van der Waals surface area contributed by atoms with E-state index in [1.54, 1.807) is 25.3 Å². The van der Waals surface area contributed by atoms with Crippen molar-refractivity contribution < 1.29 is 13.7 Å². The van der Waals surface area contributed by atoms with Crippen molar-refractivity contribution in [1.82, 2.24) is 5.32 Å². The number of hydrogen-bond acceptors (Lipinski definition) is 5. The Bertz CT molecular complexity index is 871. The van der Waals surface area contributed by atoms with Crippen LogP contribution < -0.4 is 10.6 Å². The average molecular weight is 360 g/mol. The number of para-hydroxylation sites is 1. The van der Waals surface area contributed by atoms with Crippen molar-refractivity contribution in [3.63, 3.8) is 0 Å². The van der Waals surface area contributed by atoms with Gasteiger partial charge in [-0.25, -0.2) is 4.21 Å². The fourth-order valence-electron chi connectivity index (χ4n) is 2.31. The molecule has 1 atom stereocenters. The first-order valence-corrected chi connectivity index (χ1v) is 8.97. The number of furan rings is 1. The molecular weight excluding hydrogens is 340 g/mol. The number of amidine groups is 2. The van der Waals surface area contributed by atoms with Crippen LogP contribution >= 0.6 is 0 Å². The lowest BCUT2D eigenvalue weighted by Gasteiger charge is -2.11. The van der Waals surface area contributed by atoms with Crippen LogP contribution in [0.2, 0.25) is 0 Å². The number of benzene rings is 1. The molecule has 1 aromatic heterocycles. The van der Waals surface area contributed by atoms with Crippen LogP contribution in [0.5, 0.6) is 5.75 Å². The van der Waals surface area contributed by atoms with Gasteiger partial charge in [-0.1, -0.05) is 26.0 Å². The van der Waals surface area contributed by atoms with Gasteiger partial charge < -0.3 is 20.2 Å². The summed E-state index contributed by atoms with van der Waals surface area (Å²) >= 11 is -1.69. The van der Waals surface area contributed by atoms with Crippen LogP contribution in [0.15, 0.2) is 43.7 Å². The summed E-state index contributed by atoms with van der Waals surface area (Å²) in [5, 5.41) is 16.2. The van der Waals surface area contributed by atoms with E-state index in [1.807, 2.05) is 12.1 Å². The topological polar surface area (TPSA) is 99.2 Å². The van der Waals surface area contributed by atoms with Crippen LogP contribution in [0.1, 0.15) is 36.7 Å². The van der Waals surface area contributed by atoms with Gasteiger partial charge in [0.05, 0.1) is 18.5 Å². The first-order chi connectivity index (χ1) is 11.9. The number of nitrogens with one attached hydrogen (secondary N) is 2. The van der Waals surface area contributed by atoms with Gasteiger partial charge in [0.15, 0.2) is 11.7 Å². The summed E-state index contributed by atoms with van der Waals surface area (Å²) in [6, 6.07) is 7.29. The number of phenolic OH excluding ortho intramolecular Hbond substituents is 1. The van der Waals surface area contributed by atoms with E-state index in [0.29, 0.717) is 29.8 Å². The zero-order valence-corrected chi connectivity index (χ0v) is 15.1. The minimum absolute atomic E-state index is 0.120. The highest BCUT2D eigenvalue weighted by atomic mass is 32.2. The Morgan fingerprint density at radius 3 is 2.76 bits per heavy atom. The second-order valence-corrected chi connectivity index (χ2v) is 6.89. The van der Waals surface area contributed by atoms with Crippen LogP contribution in [0.3, 0.4) is 0 Å². The fourth-order valence-corrected chi connectivity index (χ4v) is 2.95. The third-order valence-corrected chi connectivity index (χ3v) is 4.50. The summed E-state index contributed by atoms with van der Waals surface area (Å²) in [5.74, 6) is 1.94. The van der Waals surface area contributed by atoms with Gasteiger partial charge in [-0.3, -0.25) is 0 Å². The number of aromatic hydroxyl groups is 1. The molecule has 0 radical (unpaired) electrons. The molecule has 1 aliphatic heterocycles. The lowest BCUT2D eigenvalue weighted by atomic mass is 10.1. The van der Waals surface area contributed by atoms with Gasteiger partial charge in [-0.2, -0.15) is 0 Å². The molecule has 0 amide bonds. The van der Waals surface area contributed by atoms with E-state index in [0.717, 1.165) is 16.9 Å². The molecule has 0 fully saturated rings. The number of rotatable bonds is 4. The quantitative estimate of drug-likeness (QED) is 0.728. The SMILES string of the molecule is Cc1cccc(NC2=NS(=O)N=C2NCc2cc(C(C)C)co2)c1O. The molecule has 0 saturated carbocycles. The molecule has 0 spiro atoms. The third kappa shape index (κ3) is 3.90. The Morgan fingerprint density at radius 1 is 1.28 bits per heavy atom. The highest BCUT2D eigenvalue weighted by molar-refractivity contribution is 7.83. The lowest BCUT2D eigenvalue weighted by Crippen LogP contribution is -2.33. The van der Waals surface area contributed by atoms with Crippen molar-refractivity contribution in [3.8, 4) is 5.75 Å². The normalized spacial score (nSPS) is 16.7. The molecule has 132 valence electrons. The van der Waals surface area contributed by atoms with E-state index in [9.17, 15) is 9.32 Å². The predicted molar refractivity (Wildman–Crippen MR) is 99.1 cm³/mol. The molecule has 1 unspecified atom stereocenters. The van der Waals surface area contributed by atoms with Gasteiger partial charge in [-0.05, 0) is 36.1 Å². The van der Waals surface area contributed by atoms with E-state index >= 15 is 0 Å². The minimum atomic E-state index is -1.69. The Kier molecular flexibility index (Phi) is 4.89. The molecule has 2 aromatic rings. The van der Waals surface area contributed by atoms with Crippen LogP contribution in [0.4, 0.5) is 5.69 Å². The smallest absolute Gasteiger partial charge is 0.269 e. The largest absolute Gasteiger partial charge is 0.505 e. The summed E-state index contributed by atoms with van der Waals surface area (Å²) < 4.78 is 25.1. The van der Waals surface area contributed by atoms with Gasteiger partial charge in [0, 0.05) is 0 Å². The average Bonchev–Trinajstić information content (AvgIpc) is 3.16. The van der Waals surface area contributed by atoms with Crippen LogP contribution in [0, 0.1) is 6.92 Å². The minimum Gasteiger partial charge on any atom is -0.505 e. The van der Waals surface area contributed by atoms with E-state index < -0.39 is 11.2 Å². The molecule has 1 aromatic carbocycles. The Labute approximate surface area is 148 Å². The molecule has 0 aliphatic carbocycles. The van der Waals surface area contributed by atoms with Crippen molar-refractivity contribution in [2.45, 2.75) is 33.2 Å². The Balaban J connectivity index is 1.70. The van der Waals surface area contributed by atoms with Crippen LogP contribution in [-0.4, -0.2) is 21.0 Å². The molecule has 3 rings (SSSR count). The molecule has 3 N–H and O–H groups in total. The van der Waals surface area contributed by atoms with Crippen molar-refractivity contribution in [2.24, 2.45) is 8.80 Å². The Hall–Kier alpha value is -2.61. The zero-order valence-electron chi connectivity index (χ0n) is 14.2. The van der Waals surface area contributed by atoms with Gasteiger partial charge in [0.25, 0.3) is 11.2 Å². The van der Waals surface area contributed by atoms with Crippen molar-refractivity contribution in [1.29, 1.82) is 0 Å². The van der Waals surface area contributed by atoms with Crippen LogP contribution in [0.25, 0.3) is 0 Å². The van der Waals surface area contributed by atoms with E-state index in [4.69, 9.17) is 4.42 Å². The van der Waals surface area contributed by atoms with Crippen LogP contribution in [-0.2, 0) is 17.7 Å². The fraction of sp³-hybridized carbons (Fsp3) is 0.294. The predicted octanol–water partition coefficient (Wildman–Crippen LogP) is 3.01. The maximum atomic E-state index is 11.7. The summed E-state index contributed by atoms with van der Waals surface area (Å²) in [5.41, 5.74) is 2.32.